The van der Waals surface area contributed by atoms with Gasteiger partial charge in [0.1, 0.15) is 18.3 Å². The molecule has 0 aliphatic rings. The van der Waals surface area contributed by atoms with Gasteiger partial charge >= 0.3 is 23.9 Å². The third-order valence-electron chi connectivity index (χ3n) is 6.25. The summed E-state index contributed by atoms with van der Waals surface area (Å²) in [6.45, 7) is -1.04. The Balaban J connectivity index is 1.86. The molecule has 41 heavy (non-hydrogen) atoms. The van der Waals surface area contributed by atoms with Crippen molar-refractivity contribution in [2.75, 3.05) is 13.2 Å². The van der Waals surface area contributed by atoms with E-state index in [9.17, 15) is 38.6 Å². The second kappa shape index (κ2) is 16.7. The molecule has 0 saturated heterocycles. The molecule has 224 valence electrons. The number of fused-ring (bicyclic) bond motifs is 1. The van der Waals surface area contributed by atoms with E-state index in [1.54, 1.807) is 0 Å². The maximum absolute atomic E-state index is 12.9. The maximum Gasteiger partial charge on any atom is 0.326 e. The summed E-state index contributed by atoms with van der Waals surface area (Å²) in [7, 11) is 0. The number of carboxylic acid groups (broad SMARTS) is 3. The number of amides is 3. The van der Waals surface area contributed by atoms with Gasteiger partial charge in [0.25, 0.3) is 5.91 Å². The molecule has 0 saturated carbocycles. The molecule has 14 heteroatoms. The van der Waals surface area contributed by atoms with Crippen molar-refractivity contribution in [3.8, 4) is 0 Å². The lowest BCUT2D eigenvalue weighted by Crippen LogP contribution is -2.52. The van der Waals surface area contributed by atoms with Crippen molar-refractivity contribution in [3.63, 3.8) is 0 Å². The second-order valence-electron chi connectivity index (χ2n) is 9.42. The smallest absolute Gasteiger partial charge is 0.326 e. The lowest BCUT2D eigenvalue weighted by molar-refractivity contribution is -0.140. The van der Waals surface area contributed by atoms with Crippen LogP contribution >= 0.6 is 0 Å². The lowest BCUT2D eigenvalue weighted by atomic mass is 10.0. The first-order valence-electron chi connectivity index (χ1n) is 13.0. The maximum atomic E-state index is 12.9. The zero-order valence-electron chi connectivity index (χ0n) is 22.2. The number of benzene rings is 2. The molecule has 0 aliphatic heterocycles. The number of urea groups is 1. The van der Waals surface area contributed by atoms with E-state index in [4.69, 9.17) is 10.2 Å². The van der Waals surface area contributed by atoms with Crippen LogP contribution in [0.3, 0.4) is 0 Å². The summed E-state index contributed by atoms with van der Waals surface area (Å²) >= 11 is 0. The Bertz CT molecular complexity index is 1210. The van der Waals surface area contributed by atoms with Crippen LogP contribution in [0.1, 0.15) is 37.7 Å². The van der Waals surface area contributed by atoms with E-state index in [0.717, 1.165) is 16.3 Å². The molecule has 0 fully saturated rings. The van der Waals surface area contributed by atoms with E-state index in [1.165, 1.54) is 0 Å². The molecule has 13 nitrogen and oxygen atoms in total. The Kier molecular flexibility index (Phi) is 13.4. The van der Waals surface area contributed by atoms with Crippen molar-refractivity contribution < 1.29 is 48.8 Å². The largest absolute Gasteiger partial charge is 0.481 e. The minimum absolute atomic E-state index is 0.0213. The fourth-order valence-corrected chi connectivity index (χ4v) is 4.11. The molecule has 0 radical (unpaired) electrons. The molecule has 2 rings (SSSR count). The highest BCUT2D eigenvalue weighted by Crippen LogP contribution is 2.17. The molecule has 8 N–H and O–H groups in total. The Morgan fingerprint density at radius 2 is 1.44 bits per heavy atom. The number of aliphatic carboxylic acids is 3. The van der Waals surface area contributed by atoms with E-state index < -0.39 is 67.3 Å². The number of alkyl halides is 1. The zero-order chi connectivity index (χ0) is 30.4. The zero-order valence-corrected chi connectivity index (χ0v) is 22.2. The molecule has 0 aromatic heterocycles. The predicted octanol–water partition coefficient (Wildman–Crippen LogP) is 0.985. The molecule has 2 aromatic carbocycles. The average Bonchev–Trinajstić information content (AvgIpc) is 2.93. The van der Waals surface area contributed by atoms with Gasteiger partial charge in [-0.05, 0) is 55.0 Å². The Morgan fingerprint density at radius 1 is 0.805 bits per heavy atom. The fourth-order valence-electron chi connectivity index (χ4n) is 4.11. The number of unbranched alkanes of at least 4 members (excludes halogenated alkanes) is 1. The molecular formula is C27H35FN4O9. The first-order chi connectivity index (χ1) is 19.5. The van der Waals surface area contributed by atoms with Crippen molar-refractivity contribution in [3.05, 3.63) is 48.0 Å². The Hall–Kier alpha value is -4.30. The summed E-state index contributed by atoms with van der Waals surface area (Å²) in [5, 5.41) is 49.4. The number of hydrogen-bond donors (Lipinski definition) is 8. The van der Waals surface area contributed by atoms with Gasteiger partial charge in [-0.15, -0.1) is 0 Å². The van der Waals surface area contributed by atoms with Crippen LogP contribution in [0.15, 0.2) is 42.5 Å². The number of carbonyl (C=O) groups excluding carboxylic acids is 2. The van der Waals surface area contributed by atoms with Crippen LogP contribution in [-0.2, 0) is 25.6 Å². The SMILES string of the molecule is O=C(O)CCC(NC(=O)NC(CCCCNC(O)C(Cc1ccc2ccccc2c1)NC(=O)CF)C(=O)O)C(=O)O. The number of rotatable bonds is 18. The molecular weight excluding hydrogens is 543 g/mol. The van der Waals surface area contributed by atoms with Crippen molar-refractivity contribution in [1.29, 1.82) is 0 Å². The number of carboxylic acids is 3. The van der Waals surface area contributed by atoms with Crippen molar-refractivity contribution in [2.24, 2.45) is 0 Å². The van der Waals surface area contributed by atoms with E-state index in [1.807, 2.05) is 42.5 Å². The van der Waals surface area contributed by atoms with E-state index in [0.29, 0.717) is 6.42 Å². The molecule has 2 aromatic rings. The van der Waals surface area contributed by atoms with Gasteiger partial charge in [0.15, 0.2) is 6.67 Å². The molecule has 0 bridgehead atoms. The highest BCUT2D eigenvalue weighted by molar-refractivity contribution is 5.86. The van der Waals surface area contributed by atoms with E-state index >= 15 is 0 Å². The van der Waals surface area contributed by atoms with Crippen LogP contribution in [0, 0.1) is 0 Å². The molecule has 4 atom stereocenters. The molecule has 3 amide bonds. The van der Waals surface area contributed by atoms with Crippen LogP contribution in [0.25, 0.3) is 10.8 Å². The van der Waals surface area contributed by atoms with Crippen molar-refractivity contribution >= 4 is 40.6 Å². The topological polar surface area (TPSA) is 214 Å². The third kappa shape index (κ3) is 11.8. The minimum atomic E-state index is -1.51. The van der Waals surface area contributed by atoms with Gasteiger partial charge < -0.3 is 36.4 Å². The van der Waals surface area contributed by atoms with Gasteiger partial charge in [0, 0.05) is 6.42 Å². The van der Waals surface area contributed by atoms with E-state index in [2.05, 4.69) is 21.3 Å². The molecule has 4 unspecified atom stereocenters. The summed E-state index contributed by atoms with van der Waals surface area (Å²) in [6, 6.07) is 8.57. The average molecular weight is 579 g/mol. The number of nitrogens with one attached hydrogen (secondary N) is 4. The van der Waals surface area contributed by atoms with Gasteiger partial charge in [-0.2, -0.15) is 0 Å². The number of carbonyl (C=O) groups is 5. The predicted molar refractivity (Wildman–Crippen MR) is 145 cm³/mol. The summed E-state index contributed by atoms with van der Waals surface area (Å²) in [5.74, 6) is -4.93. The lowest BCUT2D eigenvalue weighted by Gasteiger charge is -2.25. The summed E-state index contributed by atoms with van der Waals surface area (Å²) in [4.78, 5) is 57.3. The van der Waals surface area contributed by atoms with Gasteiger partial charge in [-0.1, -0.05) is 42.5 Å². The minimum Gasteiger partial charge on any atom is -0.481 e. The van der Waals surface area contributed by atoms with Crippen molar-refractivity contribution in [2.45, 2.75) is 62.9 Å². The van der Waals surface area contributed by atoms with Gasteiger partial charge in [-0.3, -0.25) is 14.9 Å². The first kappa shape index (κ1) is 32.9. The second-order valence-corrected chi connectivity index (χ2v) is 9.42. The van der Waals surface area contributed by atoms with Crippen LogP contribution in [0.2, 0.25) is 0 Å². The molecule has 0 aliphatic carbocycles. The standard InChI is InChI=1S/C27H35FN4O9/c28-15-22(33)30-21(14-16-8-9-17-5-1-2-6-18(17)13-16)24(36)29-12-4-3-7-19(25(37)38)31-27(41)32-20(26(39)40)10-11-23(34)35/h1-2,5-6,8-9,13,19-21,24,29,36H,3-4,7,10-12,14-15H2,(H,30,33)(H,34,35)(H,37,38)(H,39,40)(H2,31,32,41). The van der Waals surface area contributed by atoms with Crippen LogP contribution in [0.4, 0.5) is 9.18 Å². The first-order valence-corrected chi connectivity index (χ1v) is 13.0. The highest BCUT2D eigenvalue weighted by atomic mass is 19.1. The molecule has 0 heterocycles. The van der Waals surface area contributed by atoms with Gasteiger partial charge in [0.2, 0.25) is 0 Å². The third-order valence-corrected chi connectivity index (χ3v) is 6.25. The summed E-state index contributed by atoms with van der Waals surface area (Å²) in [6.07, 6.45) is -1.28. The van der Waals surface area contributed by atoms with Crippen LogP contribution < -0.4 is 21.3 Å². The summed E-state index contributed by atoms with van der Waals surface area (Å²) in [5.41, 5.74) is 0.815. The quantitative estimate of drug-likeness (QED) is 0.0927. The summed E-state index contributed by atoms with van der Waals surface area (Å²) < 4.78 is 12.9. The molecule has 0 spiro atoms. The number of aliphatic hydroxyl groups is 1. The van der Waals surface area contributed by atoms with E-state index in [-0.39, 0.29) is 32.2 Å². The Morgan fingerprint density at radius 3 is 2.05 bits per heavy atom. The van der Waals surface area contributed by atoms with Crippen LogP contribution in [-0.4, -0.2) is 87.8 Å². The highest BCUT2D eigenvalue weighted by Gasteiger charge is 2.25. The number of aliphatic hydroxyl groups excluding tert-OH is 1. The van der Waals surface area contributed by atoms with Gasteiger partial charge in [0.05, 0.1) is 6.04 Å². The fraction of sp³-hybridized carbons (Fsp3) is 0.444. The number of hydrogen-bond acceptors (Lipinski definition) is 7. The van der Waals surface area contributed by atoms with Crippen LogP contribution in [0.5, 0.6) is 0 Å². The normalized spacial score (nSPS) is 13.9. The van der Waals surface area contributed by atoms with Gasteiger partial charge in [-0.25, -0.2) is 18.8 Å². The number of halogens is 1. The monoisotopic (exact) mass is 578 g/mol. The Labute approximate surface area is 235 Å². The van der Waals surface area contributed by atoms with Crippen molar-refractivity contribution in [1.82, 2.24) is 21.3 Å².